The third-order valence-electron chi connectivity index (χ3n) is 2.65. The van der Waals surface area contributed by atoms with Crippen molar-refractivity contribution in [2.75, 3.05) is 0 Å². The van der Waals surface area contributed by atoms with Gasteiger partial charge < -0.3 is 0 Å². The van der Waals surface area contributed by atoms with E-state index in [0.717, 1.165) is 17.2 Å². The minimum atomic E-state index is -0.333. The maximum Gasteiger partial charge on any atom is 0.294 e. The highest BCUT2D eigenvalue weighted by Crippen LogP contribution is 2.21. The number of benzene rings is 1. The van der Waals surface area contributed by atoms with Gasteiger partial charge in [-0.2, -0.15) is 11.8 Å². The number of carbonyl (C=O) groups is 1. The van der Waals surface area contributed by atoms with E-state index >= 15 is 0 Å². The van der Waals surface area contributed by atoms with E-state index in [1.165, 1.54) is 22.5 Å². The Balaban J connectivity index is 1.88. The number of hydrogen-bond acceptors (Lipinski definition) is 5. The predicted octanol–water partition coefficient (Wildman–Crippen LogP) is 2.49. The second-order valence-electron chi connectivity index (χ2n) is 4.04. The van der Waals surface area contributed by atoms with E-state index in [0.29, 0.717) is 5.01 Å². The molecule has 2 aromatic rings. The monoisotopic (exact) mass is 293 g/mol. The molecule has 0 aliphatic heterocycles. The second kappa shape index (κ2) is 6.70. The summed E-state index contributed by atoms with van der Waals surface area (Å²) in [6, 6.07) is 8.34. The predicted molar refractivity (Wildman–Crippen MR) is 79.9 cm³/mol. The molecule has 1 heterocycles. The maximum absolute atomic E-state index is 11.3. The minimum Gasteiger partial charge on any atom is -0.288 e. The highest BCUT2D eigenvalue weighted by atomic mass is 32.2. The lowest BCUT2D eigenvalue weighted by atomic mass is 10.1. The van der Waals surface area contributed by atoms with Gasteiger partial charge in [-0.15, -0.1) is 11.3 Å². The number of nitrogens with zero attached hydrogens (tertiary/aromatic N) is 1. The number of thioether (sulfide) groups is 1. The molecule has 0 spiro atoms. The first-order valence-corrected chi connectivity index (χ1v) is 7.81. The summed E-state index contributed by atoms with van der Waals surface area (Å²) >= 11 is 3.10. The summed E-state index contributed by atoms with van der Waals surface area (Å²) in [6.45, 7) is 2.11. The first kappa shape index (κ1) is 14.0. The molecule has 0 atom stereocenters. The lowest BCUT2D eigenvalue weighted by Crippen LogP contribution is -2.29. The van der Waals surface area contributed by atoms with Crippen LogP contribution in [0.15, 0.2) is 29.6 Å². The average molecular weight is 293 g/mol. The van der Waals surface area contributed by atoms with Crippen LogP contribution in [0.4, 0.5) is 0 Å². The summed E-state index contributed by atoms with van der Waals surface area (Å²) in [4.78, 5) is 15.5. The molecule has 0 radical (unpaired) electrons. The van der Waals surface area contributed by atoms with E-state index in [2.05, 4.69) is 35.5 Å². The third-order valence-corrected chi connectivity index (χ3v) is 4.55. The Bertz CT molecular complexity index is 569. The van der Waals surface area contributed by atoms with Crippen molar-refractivity contribution in [1.82, 2.24) is 10.4 Å². The standard InChI is InChI=1S/C13H15N3OS2/c1-9-4-2-3-5-10(9)6-18-7-11-8-19-13(15-11)12(17)16-14/h2-5,8H,6-7,14H2,1H3,(H,16,17). The Morgan fingerprint density at radius 2 is 2.21 bits per heavy atom. The molecular weight excluding hydrogens is 278 g/mol. The van der Waals surface area contributed by atoms with Crippen LogP contribution in [0, 0.1) is 6.92 Å². The normalized spacial score (nSPS) is 10.4. The molecule has 0 unspecified atom stereocenters. The van der Waals surface area contributed by atoms with Crippen LogP contribution in [-0.4, -0.2) is 10.9 Å². The van der Waals surface area contributed by atoms with Gasteiger partial charge in [0.1, 0.15) is 0 Å². The highest BCUT2D eigenvalue weighted by Gasteiger charge is 2.09. The van der Waals surface area contributed by atoms with E-state index < -0.39 is 0 Å². The topological polar surface area (TPSA) is 68.0 Å². The van der Waals surface area contributed by atoms with Gasteiger partial charge in [0, 0.05) is 16.9 Å². The molecule has 3 N–H and O–H groups in total. The number of thiazole rings is 1. The number of nitrogens with two attached hydrogens (primary N) is 1. The Hall–Kier alpha value is -1.37. The van der Waals surface area contributed by atoms with Crippen molar-refractivity contribution in [3.8, 4) is 0 Å². The number of carbonyl (C=O) groups excluding carboxylic acids is 1. The third kappa shape index (κ3) is 3.79. The van der Waals surface area contributed by atoms with Gasteiger partial charge >= 0.3 is 0 Å². The number of hydrogen-bond donors (Lipinski definition) is 2. The maximum atomic E-state index is 11.3. The minimum absolute atomic E-state index is 0.333. The summed E-state index contributed by atoms with van der Waals surface area (Å²) in [5.41, 5.74) is 5.64. The van der Waals surface area contributed by atoms with Crippen molar-refractivity contribution < 1.29 is 4.79 Å². The number of aromatic nitrogens is 1. The molecule has 1 aromatic heterocycles. The first-order chi connectivity index (χ1) is 9.20. The SMILES string of the molecule is Cc1ccccc1CSCc1csc(C(=O)NN)n1. The van der Waals surface area contributed by atoms with Gasteiger partial charge in [-0.1, -0.05) is 24.3 Å². The molecule has 0 aliphatic rings. The van der Waals surface area contributed by atoms with Gasteiger partial charge in [-0.3, -0.25) is 10.2 Å². The van der Waals surface area contributed by atoms with Crippen LogP contribution in [0.1, 0.15) is 26.6 Å². The summed E-state index contributed by atoms with van der Waals surface area (Å²) in [6.07, 6.45) is 0. The Morgan fingerprint density at radius 3 is 2.95 bits per heavy atom. The summed E-state index contributed by atoms with van der Waals surface area (Å²) in [5, 5.41) is 2.31. The van der Waals surface area contributed by atoms with Crippen molar-refractivity contribution in [2.45, 2.75) is 18.4 Å². The van der Waals surface area contributed by atoms with E-state index in [-0.39, 0.29) is 5.91 Å². The fraction of sp³-hybridized carbons (Fsp3) is 0.231. The second-order valence-corrected chi connectivity index (χ2v) is 5.88. The van der Waals surface area contributed by atoms with E-state index in [1.807, 2.05) is 11.4 Å². The van der Waals surface area contributed by atoms with Crippen LogP contribution in [0.2, 0.25) is 0 Å². The summed E-state index contributed by atoms with van der Waals surface area (Å²) < 4.78 is 0. The van der Waals surface area contributed by atoms with Gasteiger partial charge in [0.25, 0.3) is 5.91 Å². The van der Waals surface area contributed by atoms with Crippen molar-refractivity contribution >= 4 is 29.0 Å². The molecular formula is C13H15N3OS2. The Morgan fingerprint density at radius 1 is 1.42 bits per heavy atom. The molecule has 1 amide bonds. The van der Waals surface area contributed by atoms with Crippen LogP contribution >= 0.6 is 23.1 Å². The number of nitrogens with one attached hydrogen (secondary N) is 1. The van der Waals surface area contributed by atoms with Crippen LogP contribution in [0.25, 0.3) is 0 Å². The molecule has 19 heavy (non-hydrogen) atoms. The van der Waals surface area contributed by atoms with E-state index in [1.54, 1.807) is 11.8 Å². The van der Waals surface area contributed by atoms with Crippen LogP contribution < -0.4 is 11.3 Å². The Labute approximate surface area is 120 Å². The van der Waals surface area contributed by atoms with Crippen LogP contribution in [0.5, 0.6) is 0 Å². The number of aryl methyl sites for hydroxylation is 1. The molecule has 0 fully saturated rings. The first-order valence-electron chi connectivity index (χ1n) is 5.78. The molecule has 100 valence electrons. The van der Waals surface area contributed by atoms with Crippen molar-refractivity contribution in [3.05, 3.63) is 51.5 Å². The molecule has 0 aliphatic carbocycles. The largest absolute Gasteiger partial charge is 0.294 e. The van der Waals surface area contributed by atoms with Gasteiger partial charge in [-0.25, -0.2) is 10.8 Å². The fourth-order valence-electron chi connectivity index (χ4n) is 1.58. The zero-order valence-corrected chi connectivity index (χ0v) is 12.2. The van der Waals surface area contributed by atoms with Crippen LogP contribution in [0.3, 0.4) is 0 Å². The number of hydrazine groups is 1. The van der Waals surface area contributed by atoms with Gasteiger partial charge in [0.15, 0.2) is 5.01 Å². The zero-order chi connectivity index (χ0) is 13.7. The highest BCUT2D eigenvalue weighted by molar-refractivity contribution is 7.97. The number of amides is 1. The molecule has 6 heteroatoms. The molecule has 0 saturated heterocycles. The quantitative estimate of drug-likeness (QED) is 0.505. The smallest absolute Gasteiger partial charge is 0.288 e. The van der Waals surface area contributed by atoms with Gasteiger partial charge in [0.2, 0.25) is 0 Å². The van der Waals surface area contributed by atoms with E-state index in [9.17, 15) is 4.79 Å². The zero-order valence-electron chi connectivity index (χ0n) is 10.6. The van der Waals surface area contributed by atoms with E-state index in [4.69, 9.17) is 5.84 Å². The number of rotatable bonds is 5. The average Bonchev–Trinajstić information content (AvgIpc) is 2.89. The van der Waals surface area contributed by atoms with Crippen molar-refractivity contribution in [1.29, 1.82) is 0 Å². The summed E-state index contributed by atoms with van der Waals surface area (Å²) in [7, 11) is 0. The molecule has 0 bridgehead atoms. The van der Waals surface area contributed by atoms with Gasteiger partial charge in [-0.05, 0) is 18.1 Å². The van der Waals surface area contributed by atoms with Gasteiger partial charge in [0.05, 0.1) is 5.69 Å². The molecule has 1 aromatic carbocycles. The summed E-state index contributed by atoms with van der Waals surface area (Å²) in [5.74, 6) is 6.48. The fourth-order valence-corrected chi connectivity index (χ4v) is 3.40. The van der Waals surface area contributed by atoms with Crippen LogP contribution in [-0.2, 0) is 11.5 Å². The molecule has 4 nitrogen and oxygen atoms in total. The lowest BCUT2D eigenvalue weighted by Gasteiger charge is -2.03. The molecule has 2 rings (SSSR count). The Kier molecular flexibility index (Phi) is 4.95. The lowest BCUT2D eigenvalue weighted by molar-refractivity contribution is 0.0953. The molecule has 0 saturated carbocycles. The van der Waals surface area contributed by atoms with Crippen molar-refractivity contribution in [3.63, 3.8) is 0 Å². The van der Waals surface area contributed by atoms with Crippen molar-refractivity contribution in [2.24, 2.45) is 5.84 Å². The number of nitrogen functional groups attached to an aromatic ring is 1.